The first-order valence-corrected chi connectivity index (χ1v) is 9.05. The largest absolute Gasteiger partial charge is 0.496 e. The zero-order valence-corrected chi connectivity index (χ0v) is 15.8. The van der Waals surface area contributed by atoms with Crippen LogP contribution in [0.5, 0.6) is 5.75 Å². The van der Waals surface area contributed by atoms with Crippen LogP contribution in [0.25, 0.3) is 0 Å². The molecule has 1 amide bonds. The van der Waals surface area contributed by atoms with Crippen molar-refractivity contribution < 1.29 is 14.3 Å². The summed E-state index contributed by atoms with van der Waals surface area (Å²) in [7, 11) is 1.64. The molecule has 0 unspecified atom stereocenters. The number of benzene rings is 2. The zero-order chi connectivity index (χ0) is 18.9. The Bertz CT molecular complexity index is 750. The van der Waals surface area contributed by atoms with Gasteiger partial charge in [-0.25, -0.2) is 0 Å². The van der Waals surface area contributed by atoms with Crippen molar-refractivity contribution >= 4 is 11.7 Å². The molecule has 4 nitrogen and oxygen atoms in total. The molecule has 0 aliphatic carbocycles. The third kappa shape index (κ3) is 5.73. The summed E-state index contributed by atoms with van der Waals surface area (Å²) < 4.78 is 5.34. The molecule has 0 bridgehead atoms. The Labute approximate surface area is 155 Å². The summed E-state index contributed by atoms with van der Waals surface area (Å²) >= 11 is 0. The number of carbonyl (C=O) groups is 2. The van der Waals surface area contributed by atoms with Gasteiger partial charge in [0, 0.05) is 24.9 Å². The van der Waals surface area contributed by atoms with E-state index in [0.29, 0.717) is 18.5 Å². The van der Waals surface area contributed by atoms with E-state index in [-0.39, 0.29) is 24.5 Å². The van der Waals surface area contributed by atoms with Crippen LogP contribution in [0.2, 0.25) is 0 Å². The van der Waals surface area contributed by atoms with E-state index in [0.717, 1.165) is 23.3 Å². The molecule has 0 aliphatic rings. The fourth-order valence-electron chi connectivity index (χ4n) is 2.83. The van der Waals surface area contributed by atoms with Crippen molar-refractivity contribution in [1.29, 1.82) is 0 Å². The van der Waals surface area contributed by atoms with E-state index < -0.39 is 0 Å². The lowest BCUT2D eigenvalue weighted by molar-refractivity contribution is -0.121. The second-order valence-corrected chi connectivity index (χ2v) is 6.39. The molecular weight excluding hydrogens is 326 g/mol. The molecule has 0 heterocycles. The van der Waals surface area contributed by atoms with Gasteiger partial charge in [-0.2, -0.15) is 0 Å². The van der Waals surface area contributed by atoms with Crippen LogP contribution >= 0.6 is 0 Å². The van der Waals surface area contributed by atoms with E-state index in [4.69, 9.17) is 4.74 Å². The number of hydrogen-bond acceptors (Lipinski definition) is 3. The highest BCUT2D eigenvalue weighted by Crippen LogP contribution is 2.19. The van der Waals surface area contributed by atoms with Gasteiger partial charge in [-0.05, 0) is 37.0 Å². The Morgan fingerprint density at radius 2 is 1.77 bits per heavy atom. The number of aryl methyl sites for hydroxylation is 2. The standard InChI is InChI=1S/C22H27NO3/c1-4-17-6-8-18(9-7-17)20(24)10-12-22(25)23-14-13-19-15-16(2)5-11-21(19)26-3/h5-9,11,15H,4,10,12-14H2,1-3H3,(H,23,25). The van der Waals surface area contributed by atoms with Gasteiger partial charge in [-0.15, -0.1) is 0 Å². The second kappa shape index (κ2) is 9.76. The van der Waals surface area contributed by atoms with Gasteiger partial charge in [0.2, 0.25) is 5.91 Å². The van der Waals surface area contributed by atoms with E-state index >= 15 is 0 Å². The fraction of sp³-hybridized carbons (Fsp3) is 0.364. The Morgan fingerprint density at radius 1 is 1.04 bits per heavy atom. The van der Waals surface area contributed by atoms with Crippen molar-refractivity contribution in [3.63, 3.8) is 0 Å². The zero-order valence-electron chi connectivity index (χ0n) is 15.8. The highest BCUT2D eigenvalue weighted by Gasteiger charge is 2.10. The van der Waals surface area contributed by atoms with Gasteiger partial charge in [0.25, 0.3) is 0 Å². The Hall–Kier alpha value is -2.62. The predicted octanol–water partition coefficient (Wildman–Crippen LogP) is 3.89. The molecule has 0 saturated heterocycles. The number of ketones is 1. The molecule has 138 valence electrons. The average molecular weight is 353 g/mol. The van der Waals surface area contributed by atoms with E-state index in [1.807, 2.05) is 43.3 Å². The van der Waals surface area contributed by atoms with E-state index in [2.05, 4.69) is 18.3 Å². The smallest absolute Gasteiger partial charge is 0.220 e. The van der Waals surface area contributed by atoms with Crippen LogP contribution in [-0.4, -0.2) is 25.3 Å². The summed E-state index contributed by atoms with van der Waals surface area (Å²) in [4.78, 5) is 24.2. The summed E-state index contributed by atoms with van der Waals surface area (Å²) in [5.74, 6) is 0.730. The van der Waals surface area contributed by atoms with Gasteiger partial charge in [-0.1, -0.05) is 48.9 Å². The summed E-state index contributed by atoms with van der Waals surface area (Å²) in [6.07, 6.45) is 2.08. The lowest BCUT2D eigenvalue weighted by atomic mass is 10.0. The normalized spacial score (nSPS) is 10.4. The number of carbonyl (C=O) groups excluding carboxylic acids is 2. The van der Waals surface area contributed by atoms with Gasteiger partial charge < -0.3 is 10.1 Å². The van der Waals surface area contributed by atoms with Crippen LogP contribution in [0.15, 0.2) is 42.5 Å². The maximum atomic E-state index is 12.2. The van der Waals surface area contributed by atoms with Crippen molar-refractivity contribution in [1.82, 2.24) is 5.32 Å². The molecule has 0 aliphatic heterocycles. The molecule has 0 spiro atoms. The summed E-state index contributed by atoms with van der Waals surface area (Å²) in [5, 5.41) is 2.88. The molecule has 0 radical (unpaired) electrons. The lowest BCUT2D eigenvalue weighted by Gasteiger charge is -2.10. The van der Waals surface area contributed by atoms with Crippen LogP contribution in [0.4, 0.5) is 0 Å². The van der Waals surface area contributed by atoms with Crippen molar-refractivity contribution in [3.05, 3.63) is 64.7 Å². The number of hydrogen-bond donors (Lipinski definition) is 1. The Kier molecular flexibility index (Phi) is 7.39. The number of rotatable bonds is 9. The molecule has 26 heavy (non-hydrogen) atoms. The summed E-state index contributed by atoms with van der Waals surface area (Å²) in [6, 6.07) is 13.6. The van der Waals surface area contributed by atoms with Crippen LogP contribution < -0.4 is 10.1 Å². The average Bonchev–Trinajstić information content (AvgIpc) is 2.66. The Morgan fingerprint density at radius 3 is 2.42 bits per heavy atom. The molecule has 1 N–H and O–H groups in total. The fourth-order valence-corrected chi connectivity index (χ4v) is 2.83. The molecule has 4 heteroatoms. The number of methoxy groups -OCH3 is 1. The maximum Gasteiger partial charge on any atom is 0.220 e. The van der Waals surface area contributed by atoms with Crippen LogP contribution in [0, 0.1) is 6.92 Å². The molecule has 2 rings (SSSR count). The van der Waals surface area contributed by atoms with Gasteiger partial charge in [-0.3, -0.25) is 9.59 Å². The maximum absolute atomic E-state index is 12.2. The first-order valence-electron chi connectivity index (χ1n) is 9.05. The van der Waals surface area contributed by atoms with Crippen molar-refractivity contribution in [2.75, 3.05) is 13.7 Å². The topological polar surface area (TPSA) is 55.4 Å². The van der Waals surface area contributed by atoms with Crippen molar-refractivity contribution in [2.24, 2.45) is 0 Å². The third-order valence-electron chi connectivity index (χ3n) is 4.42. The molecule has 0 atom stereocenters. The van der Waals surface area contributed by atoms with E-state index in [1.54, 1.807) is 7.11 Å². The van der Waals surface area contributed by atoms with Crippen LogP contribution in [0.3, 0.4) is 0 Å². The minimum Gasteiger partial charge on any atom is -0.496 e. The SMILES string of the molecule is CCc1ccc(C(=O)CCC(=O)NCCc2cc(C)ccc2OC)cc1. The monoisotopic (exact) mass is 353 g/mol. The van der Waals surface area contributed by atoms with Crippen LogP contribution in [-0.2, 0) is 17.6 Å². The van der Waals surface area contributed by atoms with Gasteiger partial charge in [0.15, 0.2) is 5.78 Å². The molecule has 0 aromatic heterocycles. The number of ether oxygens (including phenoxy) is 1. The molecular formula is C22H27NO3. The summed E-state index contributed by atoms with van der Waals surface area (Å²) in [6.45, 7) is 4.63. The van der Waals surface area contributed by atoms with Crippen molar-refractivity contribution in [3.8, 4) is 5.75 Å². The lowest BCUT2D eigenvalue weighted by Crippen LogP contribution is -2.26. The third-order valence-corrected chi connectivity index (χ3v) is 4.42. The van der Waals surface area contributed by atoms with E-state index in [9.17, 15) is 9.59 Å². The van der Waals surface area contributed by atoms with E-state index in [1.165, 1.54) is 5.56 Å². The minimum absolute atomic E-state index is 0.00292. The van der Waals surface area contributed by atoms with Gasteiger partial charge in [0.05, 0.1) is 7.11 Å². The highest BCUT2D eigenvalue weighted by atomic mass is 16.5. The number of Topliss-reactive ketones (excluding diaryl/α,β-unsaturated/α-hetero) is 1. The number of amides is 1. The molecule has 0 fully saturated rings. The first-order chi connectivity index (χ1) is 12.5. The molecule has 2 aromatic carbocycles. The first kappa shape index (κ1) is 19.7. The van der Waals surface area contributed by atoms with Crippen molar-refractivity contribution in [2.45, 2.75) is 39.5 Å². The molecule has 2 aromatic rings. The van der Waals surface area contributed by atoms with Crippen LogP contribution in [0.1, 0.15) is 46.8 Å². The minimum atomic E-state index is -0.102. The summed E-state index contributed by atoms with van der Waals surface area (Å²) in [5.41, 5.74) is 4.09. The quantitative estimate of drug-likeness (QED) is 0.696. The molecule has 0 saturated carbocycles. The predicted molar refractivity (Wildman–Crippen MR) is 104 cm³/mol. The highest BCUT2D eigenvalue weighted by molar-refractivity contribution is 5.97. The van der Waals surface area contributed by atoms with Gasteiger partial charge in [0.1, 0.15) is 5.75 Å². The Balaban J connectivity index is 1.76. The van der Waals surface area contributed by atoms with Gasteiger partial charge >= 0.3 is 0 Å². The second-order valence-electron chi connectivity index (χ2n) is 6.39. The number of nitrogens with one attached hydrogen (secondary N) is 1.